The van der Waals surface area contributed by atoms with Gasteiger partial charge in [-0.25, -0.2) is 0 Å². The Kier molecular flexibility index (Phi) is 3.04. The van der Waals surface area contributed by atoms with Crippen LogP contribution in [0.5, 0.6) is 0 Å². The number of rotatable bonds is 1. The van der Waals surface area contributed by atoms with Crippen molar-refractivity contribution in [3.05, 3.63) is 40.9 Å². The van der Waals surface area contributed by atoms with Crippen LogP contribution in [0.3, 0.4) is 0 Å². The van der Waals surface area contributed by atoms with Crippen molar-refractivity contribution >= 4 is 32.4 Å². The van der Waals surface area contributed by atoms with Gasteiger partial charge in [0.2, 0.25) is 0 Å². The molecular formula is C14H15BrN2. The van der Waals surface area contributed by atoms with Gasteiger partial charge < -0.3 is 10.2 Å². The molecule has 0 unspecified atom stereocenters. The van der Waals surface area contributed by atoms with Crippen molar-refractivity contribution in [2.24, 2.45) is 0 Å². The van der Waals surface area contributed by atoms with Crippen molar-refractivity contribution in [2.45, 2.75) is 0 Å². The van der Waals surface area contributed by atoms with E-state index in [2.05, 4.69) is 62.5 Å². The summed E-state index contributed by atoms with van der Waals surface area (Å²) < 4.78 is 1.15. The van der Waals surface area contributed by atoms with Gasteiger partial charge >= 0.3 is 0 Å². The van der Waals surface area contributed by atoms with Gasteiger partial charge in [0.05, 0.1) is 0 Å². The van der Waals surface area contributed by atoms with Gasteiger partial charge in [-0.15, -0.1) is 0 Å². The van der Waals surface area contributed by atoms with Gasteiger partial charge in [0.1, 0.15) is 0 Å². The molecule has 1 aliphatic heterocycles. The Balaban J connectivity index is 2.11. The number of hydrogen-bond donors (Lipinski definition) is 1. The van der Waals surface area contributed by atoms with Crippen LogP contribution in [0.25, 0.3) is 10.8 Å². The maximum absolute atomic E-state index is 3.56. The van der Waals surface area contributed by atoms with Crippen molar-refractivity contribution in [1.29, 1.82) is 0 Å². The highest BCUT2D eigenvalue weighted by atomic mass is 79.9. The Hall–Kier alpha value is -1.06. The van der Waals surface area contributed by atoms with Crippen LogP contribution in [0.15, 0.2) is 40.9 Å². The average Bonchev–Trinajstić information content (AvgIpc) is 2.39. The van der Waals surface area contributed by atoms with E-state index in [9.17, 15) is 0 Å². The number of piperazine rings is 1. The molecule has 0 spiro atoms. The maximum atomic E-state index is 3.56. The maximum Gasteiger partial charge on any atom is 0.0447 e. The van der Waals surface area contributed by atoms with Gasteiger partial charge in [-0.05, 0) is 23.6 Å². The van der Waals surface area contributed by atoms with E-state index in [4.69, 9.17) is 0 Å². The Morgan fingerprint density at radius 1 is 1.06 bits per heavy atom. The predicted octanol–water partition coefficient (Wildman–Crippen LogP) is 3.01. The van der Waals surface area contributed by atoms with E-state index in [1.165, 1.54) is 16.5 Å². The van der Waals surface area contributed by atoms with E-state index in [0.717, 1.165) is 30.7 Å². The molecule has 2 nitrogen and oxygen atoms in total. The fourth-order valence-electron chi connectivity index (χ4n) is 2.41. The number of nitrogens with zero attached hydrogens (tertiary/aromatic N) is 1. The SMILES string of the molecule is Brc1ccc2cccc(N3CCNCC3)c2c1. The van der Waals surface area contributed by atoms with Crippen molar-refractivity contribution < 1.29 is 0 Å². The molecule has 2 aromatic carbocycles. The lowest BCUT2D eigenvalue weighted by Gasteiger charge is -2.30. The number of anilines is 1. The molecule has 1 fully saturated rings. The normalized spacial score (nSPS) is 16.4. The fraction of sp³-hybridized carbons (Fsp3) is 0.286. The van der Waals surface area contributed by atoms with Gasteiger partial charge in [-0.2, -0.15) is 0 Å². The third-order valence-corrected chi connectivity index (χ3v) is 3.77. The molecule has 1 N–H and O–H groups in total. The Morgan fingerprint density at radius 2 is 1.88 bits per heavy atom. The molecule has 0 amide bonds. The quantitative estimate of drug-likeness (QED) is 0.869. The van der Waals surface area contributed by atoms with Crippen LogP contribution in [0.1, 0.15) is 0 Å². The third kappa shape index (κ3) is 2.17. The van der Waals surface area contributed by atoms with Crippen LogP contribution in [0.4, 0.5) is 5.69 Å². The third-order valence-electron chi connectivity index (χ3n) is 3.28. The number of fused-ring (bicyclic) bond motifs is 1. The molecule has 3 heteroatoms. The topological polar surface area (TPSA) is 15.3 Å². The Bertz CT molecular complexity index is 533. The molecule has 0 aromatic heterocycles. The van der Waals surface area contributed by atoms with E-state index in [1.54, 1.807) is 0 Å². The van der Waals surface area contributed by atoms with Crippen molar-refractivity contribution in [3.8, 4) is 0 Å². The van der Waals surface area contributed by atoms with Crippen LogP contribution in [-0.4, -0.2) is 26.2 Å². The summed E-state index contributed by atoms with van der Waals surface area (Å²) in [5.74, 6) is 0. The summed E-state index contributed by atoms with van der Waals surface area (Å²) in [6.07, 6.45) is 0. The van der Waals surface area contributed by atoms with E-state index in [0.29, 0.717) is 0 Å². The van der Waals surface area contributed by atoms with Gasteiger partial charge in [0.25, 0.3) is 0 Å². The second-order valence-electron chi connectivity index (χ2n) is 4.38. The molecule has 0 atom stereocenters. The fourth-order valence-corrected chi connectivity index (χ4v) is 2.77. The molecule has 0 radical (unpaired) electrons. The number of hydrogen-bond acceptors (Lipinski definition) is 2. The highest BCUT2D eigenvalue weighted by Crippen LogP contribution is 2.29. The van der Waals surface area contributed by atoms with Gasteiger partial charge in [0.15, 0.2) is 0 Å². The zero-order valence-electron chi connectivity index (χ0n) is 9.62. The summed E-state index contributed by atoms with van der Waals surface area (Å²) in [5.41, 5.74) is 1.35. The van der Waals surface area contributed by atoms with Crippen molar-refractivity contribution in [3.63, 3.8) is 0 Å². The summed E-state index contributed by atoms with van der Waals surface area (Å²) in [7, 11) is 0. The van der Waals surface area contributed by atoms with Crippen LogP contribution in [0, 0.1) is 0 Å². The lowest BCUT2D eigenvalue weighted by molar-refractivity contribution is 0.590. The average molecular weight is 291 g/mol. The minimum atomic E-state index is 1.07. The summed E-state index contributed by atoms with van der Waals surface area (Å²) >= 11 is 3.56. The van der Waals surface area contributed by atoms with Crippen LogP contribution in [0.2, 0.25) is 0 Å². The van der Waals surface area contributed by atoms with Crippen LogP contribution >= 0.6 is 15.9 Å². The summed E-state index contributed by atoms with van der Waals surface area (Å²) in [5, 5.41) is 6.04. The molecular weight excluding hydrogens is 276 g/mol. The summed E-state index contributed by atoms with van der Waals surface area (Å²) in [4.78, 5) is 2.46. The van der Waals surface area contributed by atoms with Gasteiger partial charge in [-0.1, -0.05) is 34.1 Å². The van der Waals surface area contributed by atoms with Gasteiger partial charge in [0, 0.05) is 41.7 Å². The smallest absolute Gasteiger partial charge is 0.0447 e. The van der Waals surface area contributed by atoms with Crippen LogP contribution < -0.4 is 10.2 Å². The summed E-state index contributed by atoms with van der Waals surface area (Å²) in [6.45, 7) is 4.33. The minimum absolute atomic E-state index is 1.07. The zero-order chi connectivity index (χ0) is 11.7. The molecule has 2 aromatic rings. The zero-order valence-corrected chi connectivity index (χ0v) is 11.2. The second-order valence-corrected chi connectivity index (χ2v) is 5.30. The van der Waals surface area contributed by atoms with Crippen molar-refractivity contribution in [1.82, 2.24) is 5.32 Å². The highest BCUT2D eigenvalue weighted by Gasteiger charge is 2.12. The first-order valence-electron chi connectivity index (χ1n) is 5.98. The molecule has 3 rings (SSSR count). The number of benzene rings is 2. The lowest BCUT2D eigenvalue weighted by Crippen LogP contribution is -2.43. The predicted molar refractivity (Wildman–Crippen MR) is 76.7 cm³/mol. The first-order valence-corrected chi connectivity index (χ1v) is 6.78. The molecule has 0 bridgehead atoms. The van der Waals surface area contributed by atoms with Gasteiger partial charge in [-0.3, -0.25) is 0 Å². The monoisotopic (exact) mass is 290 g/mol. The Labute approximate surface area is 110 Å². The second kappa shape index (κ2) is 4.67. The summed E-state index contributed by atoms with van der Waals surface area (Å²) in [6, 6.07) is 13.0. The van der Waals surface area contributed by atoms with E-state index in [1.807, 2.05) is 0 Å². The molecule has 88 valence electrons. The molecule has 0 saturated carbocycles. The number of halogens is 1. The largest absolute Gasteiger partial charge is 0.368 e. The molecule has 1 saturated heterocycles. The van der Waals surface area contributed by atoms with Crippen LogP contribution in [-0.2, 0) is 0 Å². The standard InChI is InChI=1S/C14H15BrN2/c15-12-5-4-11-2-1-3-14(13(11)10-12)17-8-6-16-7-9-17/h1-5,10,16H,6-9H2. The minimum Gasteiger partial charge on any atom is -0.368 e. The van der Waals surface area contributed by atoms with E-state index in [-0.39, 0.29) is 0 Å². The molecule has 1 aliphatic rings. The van der Waals surface area contributed by atoms with Crippen molar-refractivity contribution in [2.75, 3.05) is 31.1 Å². The van der Waals surface area contributed by atoms with E-state index < -0.39 is 0 Å². The first kappa shape index (κ1) is 11.1. The number of nitrogens with one attached hydrogen (secondary N) is 1. The molecule has 1 heterocycles. The Morgan fingerprint density at radius 3 is 2.71 bits per heavy atom. The lowest BCUT2D eigenvalue weighted by atomic mass is 10.1. The highest BCUT2D eigenvalue weighted by molar-refractivity contribution is 9.10. The molecule has 0 aliphatic carbocycles. The molecule has 17 heavy (non-hydrogen) atoms. The van der Waals surface area contributed by atoms with E-state index >= 15 is 0 Å². The first-order chi connectivity index (χ1) is 8.34.